The maximum Gasteiger partial charge on any atom is 0.236 e. The minimum absolute atomic E-state index is 0.122. The zero-order valence-corrected chi connectivity index (χ0v) is 22.8. The lowest BCUT2D eigenvalue weighted by Crippen LogP contribution is -2.14. The fourth-order valence-corrected chi connectivity index (χ4v) is 5.37. The lowest BCUT2D eigenvalue weighted by atomic mass is 10.1. The number of amides is 1. The van der Waals surface area contributed by atoms with Gasteiger partial charge in [0.05, 0.1) is 18.1 Å². The predicted molar refractivity (Wildman–Crippen MR) is 147 cm³/mol. The Morgan fingerprint density at radius 2 is 1.97 bits per heavy atom. The number of thioether (sulfide) groups is 1. The molecule has 0 unspecified atom stereocenters. The van der Waals surface area contributed by atoms with Gasteiger partial charge in [-0.3, -0.25) is 4.79 Å². The smallest absolute Gasteiger partial charge is 0.236 e. The van der Waals surface area contributed by atoms with Crippen LogP contribution in [0.2, 0.25) is 5.02 Å². The number of benzene rings is 2. The monoisotopic (exact) mass is 541 g/mol. The molecule has 0 aliphatic heterocycles. The van der Waals surface area contributed by atoms with Crippen molar-refractivity contribution in [2.24, 2.45) is 0 Å². The van der Waals surface area contributed by atoms with Crippen LogP contribution in [0.15, 0.2) is 53.0 Å². The Morgan fingerprint density at radius 3 is 2.72 bits per heavy atom. The molecule has 36 heavy (non-hydrogen) atoms. The lowest BCUT2D eigenvalue weighted by molar-refractivity contribution is -0.113. The van der Waals surface area contributed by atoms with Gasteiger partial charge in [0.1, 0.15) is 11.6 Å². The average molecular weight is 542 g/mol. The van der Waals surface area contributed by atoms with Crippen LogP contribution in [0.3, 0.4) is 0 Å². The zero-order valence-electron chi connectivity index (χ0n) is 20.5. The summed E-state index contributed by atoms with van der Waals surface area (Å²) in [6.07, 6.45) is 1.54. The first-order chi connectivity index (χ1) is 17.4. The van der Waals surface area contributed by atoms with Gasteiger partial charge in [0.25, 0.3) is 0 Å². The molecule has 1 amide bonds. The molecule has 1 N–H and O–H groups in total. The summed E-state index contributed by atoms with van der Waals surface area (Å²) in [5.74, 6) is 1.84. The Kier molecular flexibility index (Phi) is 9.01. The Balaban J connectivity index is 1.26. The molecule has 0 saturated heterocycles. The molecule has 2 aromatic heterocycles. The van der Waals surface area contributed by atoms with Crippen molar-refractivity contribution >= 4 is 45.7 Å². The summed E-state index contributed by atoms with van der Waals surface area (Å²) in [5, 5.41) is 15.5. The van der Waals surface area contributed by atoms with E-state index in [1.165, 1.54) is 28.7 Å². The van der Waals surface area contributed by atoms with Gasteiger partial charge in [-0.2, -0.15) is 0 Å². The number of aryl methyl sites for hydroxylation is 3. The van der Waals surface area contributed by atoms with Crippen molar-refractivity contribution in [1.29, 1.82) is 0 Å². The van der Waals surface area contributed by atoms with Gasteiger partial charge in [-0.25, -0.2) is 4.98 Å². The van der Waals surface area contributed by atoms with Crippen LogP contribution in [0.25, 0.3) is 11.3 Å². The van der Waals surface area contributed by atoms with Crippen molar-refractivity contribution in [2.45, 2.75) is 45.3 Å². The fraction of sp³-hybridized carbons (Fsp3) is 0.308. The Hall–Kier alpha value is -2.88. The molecule has 0 radical (unpaired) electrons. The van der Waals surface area contributed by atoms with Crippen molar-refractivity contribution in [3.63, 3.8) is 0 Å². The molecule has 0 bridgehead atoms. The number of carbonyl (C=O) groups is 1. The second-order valence-corrected chi connectivity index (χ2v) is 10.5. The van der Waals surface area contributed by atoms with E-state index in [2.05, 4.69) is 39.6 Å². The van der Waals surface area contributed by atoms with E-state index in [1.54, 1.807) is 0 Å². The molecular formula is C26H28ClN5O2S2. The van der Waals surface area contributed by atoms with Crippen LogP contribution in [-0.4, -0.2) is 38.0 Å². The standard InChI is InChI=1S/C26H28ClN5O2S2/c1-4-32-23(6-5-13-34-22-12-11-20(27)14-18(22)3)30-31-26(32)36-16-24(33)29-25-28-21(15-35-25)19-9-7-17(2)8-10-19/h7-12,14-15H,4-6,13,16H2,1-3H3,(H,28,29,33). The minimum atomic E-state index is -0.122. The summed E-state index contributed by atoms with van der Waals surface area (Å²) >= 11 is 8.80. The molecule has 2 heterocycles. The van der Waals surface area contributed by atoms with E-state index in [-0.39, 0.29) is 11.7 Å². The number of anilines is 1. The average Bonchev–Trinajstić information content (AvgIpc) is 3.48. The van der Waals surface area contributed by atoms with Crippen LogP contribution in [0.5, 0.6) is 5.75 Å². The van der Waals surface area contributed by atoms with E-state index in [1.807, 2.05) is 54.1 Å². The number of carbonyl (C=O) groups excluding carboxylic acids is 1. The number of aromatic nitrogens is 4. The molecule has 0 fully saturated rings. The first-order valence-corrected chi connectivity index (χ1v) is 13.9. The third kappa shape index (κ3) is 6.87. The summed E-state index contributed by atoms with van der Waals surface area (Å²) in [4.78, 5) is 17.1. The Bertz CT molecular complexity index is 1320. The summed E-state index contributed by atoms with van der Waals surface area (Å²) in [6, 6.07) is 13.8. The van der Waals surface area contributed by atoms with Crippen LogP contribution >= 0.6 is 34.7 Å². The highest BCUT2D eigenvalue weighted by molar-refractivity contribution is 7.99. The van der Waals surface area contributed by atoms with Crippen molar-refractivity contribution in [3.8, 4) is 17.0 Å². The molecule has 0 atom stereocenters. The Labute approximate surface area is 224 Å². The summed E-state index contributed by atoms with van der Waals surface area (Å²) in [6.45, 7) is 7.38. The zero-order chi connectivity index (χ0) is 25.5. The van der Waals surface area contributed by atoms with Gasteiger partial charge in [-0.05, 0) is 51.0 Å². The molecule has 4 aromatic rings. The number of nitrogens with zero attached hydrogens (tertiary/aromatic N) is 4. The molecule has 4 rings (SSSR count). The highest BCUT2D eigenvalue weighted by Gasteiger charge is 2.14. The molecule has 7 nitrogen and oxygen atoms in total. The molecule has 0 aliphatic carbocycles. The molecule has 0 aliphatic rings. The second-order valence-electron chi connectivity index (χ2n) is 8.25. The van der Waals surface area contributed by atoms with Crippen LogP contribution < -0.4 is 10.1 Å². The minimum Gasteiger partial charge on any atom is -0.493 e. The normalized spacial score (nSPS) is 11.0. The number of hydrogen-bond donors (Lipinski definition) is 1. The van der Waals surface area contributed by atoms with E-state index in [9.17, 15) is 4.79 Å². The summed E-state index contributed by atoms with van der Waals surface area (Å²) < 4.78 is 7.93. The van der Waals surface area contributed by atoms with E-state index in [4.69, 9.17) is 16.3 Å². The maximum atomic E-state index is 12.5. The van der Waals surface area contributed by atoms with Crippen LogP contribution in [0.4, 0.5) is 5.13 Å². The van der Waals surface area contributed by atoms with Crippen molar-refractivity contribution in [1.82, 2.24) is 19.7 Å². The van der Waals surface area contributed by atoms with E-state index >= 15 is 0 Å². The van der Waals surface area contributed by atoms with Crippen molar-refractivity contribution in [3.05, 3.63) is 69.8 Å². The van der Waals surface area contributed by atoms with Crippen LogP contribution in [-0.2, 0) is 17.8 Å². The van der Waals surface area contributed by atoms with Crippen LogP contribution in [0.1, 0.15) is 30.3 Å². The first kappa shape index (κ1) is 26.2. The SMILES string of the molecule is CCn1c(CCCOc2ccc(Cl)cc2C)nnc1SCC(=O)Nc1nc(-c2ccc(C)cc2)cs1. The number of rotatable bonds is 11. The Morgan fingerprint density at radius 1 is 1.17 bits per heavy atom. The third-order valence-electron chi connectivity index (χ3n) is 5.48. The second kappa shape index (κ2) is 12.4. The summed E-state index contributed by atoms with van der Waals surface area (Å²) in [5.41, 5.74) is 4.10. The van der Waals surface area contributed by atoms with Gasteiger partial charge in [-0.1, -0.05) is 53.2 Å². The molecule has 10 heteroatoms. The number of ether oxygens (including phenoxy) is 1. The molecule has 2 aromatic carbocycles. The number of nitrogens with one attached hydrogen (secondary N) is 1. The lowest BCUT2D eigenvalue weighted by Gasteiger charge is -2.10. The van der Waals surface area contributed by atoms with Crippen LogP contribution in [0, 0.1) is 13.8 Å². The molecule has 0 saturated carbocycles. The van der Waals surface area contributed by atoms with Crippen molar-refractivity contribution < 1.29 is 9.53 Å². The third-order valence-corrected chi connectivity index (χ3v) is 7.44. The topological polar surface area (TPSA) is 81.9 Å². The van der Waals surface area contributed by atoms with E-state index in [0.717, 1.165) is 52.9 Å². The maximum absolute atomic E-state index is 12.5. The fourth-order valence-electron chi connectivity index (χ4n) is 3.59. The van der Waals surface area contributed by atoms with Gasteiger partial charge in [0.2, 0.25) is 5.91 Å². The van der Waals surface area contributed by atoms with E-state index < -0.39 is 0 Å². The summed E-state index contributed by atoms with van der Waals surface area (Å²) in [7, 11) is 0. The molecule has 0 spiro atoms. The highest BCUT2D eigenvalue weighted by atomic mass is 35.5. The van der Waals surface area contributed by atoms with Crippen molar-refractivity contribution in [2.75, 3.05) is 17.7 Å². The van der Waals surface area contributed by atoms with E-state index in [0.29, 0.717) is 16.8 Å². The van der Waals surface area contributed by atoms with Gasteiger partial charge in [-0.15, -0.1) is 21.5 Å². The van der Waals surface area contributed by atoms with Gasteiger partial charge in [0, 0.05) is 28.9 Å². The number of hydrogen-bond acceptors (Lipinski definition) is 7. The quantitative estimate of drug-likeness (QED) is 0.174. The molecular weight excluding hydrogens is 514 g/mol. The van der Waals surface area contributed by atoms with Gasteiger partial charge >= 0.3 is 0 Å². The highest BCUT2D eigenvalue weighted by Crippen LogP contribution is 2.26. The largest absolute Gasteiger partial charge is 0.493 e. The van der Waals surface area contributed by atoms with Gasteiger partial charge < -0.3 is 14.6 Å². The molecule has 188 valence electrons. The van der Waals surface area contributed by atoms with Gasteiger partial charge in [0.15, 0.2) is 10.3 Å². The number of thiazole rings is 1. The number of halogens is 1. The first-order valence-electron chi connectivity index (χ1n) is 11.7. The predicted octanol–water partition coefficient (Wildman–Crippen LogP) is 6.43.